The van der Waals surface area contributed by atoms with Crippen LogP contribution in [0.25, 0.3) is 5.76 Å². The third-order valence-corrected chi connectivity index (χ3v) is 9.09. The van der Waals surface area contributed by atoms with Gasteiger partial charge >= 0.3 is 6.36 Å². The number of primary amides is 1. The summed E-state index contributed by atoms with van der Waals surface area (Å²) in [5, 5.41) is 50.5. The molecule has 16 heteroatoms. The summed E-state index contributed by atoms with van der Waals surface area (Å²) in [5.74, 6) is -11.0. The van der Waals surface area contributed by atoms with E-state index in [4.69, 9.17) is 5.73 Å². The van der Waals surface area contributed by atoms with Crippen molar-refractivity contribution < 1.29 is 57.5 Å². The number of phenols is 1. The molecule has 5 rings (SSSR count). The number of amides is 2. The predicted octanol–water partition coefficient (Wildman–Crippen LogP) is 1.33. The summed E-state index contributed by atoms with van der Waals surface area (Å²) in [6.45, 7) is -0.224. The second-order valence-corrected chi connectivity index (χ2v) is 12.0. The molecule has 244 valence electrons. The van der Waals surface area contributed by atoms with Gasteiger partial charge in [-0.25, -0.2) is 0 Å². The fourth-order valence-electron chi connectivity index (χ4n) is 7.15. The zero-order valence-electron chi connectivity index (χ0n) is 24.3. The van der Waals surface area contributed by atoms with Crippen LogP contribution in [0, 0.1) is 11.8 Å². The lowest BCUT2D eigenvalue weighted by Crippen LogP contribution is -2.65. The van der Waals surface area contributed by atoms with E-state index in [1.54, 1.807) is 0 Å². The number of anilines is 1. The number of nitrogens with zero attached hydrogens (tertiary/aromatic N) is 1. The number of ketones is 2. The number of carbonyl (C=O) groups excluding carboxylic acids is 4. The maximum atomic E-state index is 14.0. The number of fused-ring (bicyclic) bond motifs is 3. The van der Waals surface area contributed by atoms with Crippen LogP contribution in [0.2, 0.25) is 0 Å². The van der Waals surface area contributed by atoms with Crippen LogP contribution >= 0.6 is 0 Å². The van der Waals surface area contributed by atoms with Crippen molar-refractivity contribution in [2.24, 2.45) is 17.6 Å². The highest BCUT2D eigenvalue weighted by Gasteiger charge is 2.64. The lowest BCUT2D eigenvalue weighted by molar-refractivity contribution is -0.275. The number of benzene rings is 1. The van der Waals surface area contributed by atoms with Crippen LogP contribution in [0.3, 0.4) is 0 Å². The Balaban J connectivity index is 1.62. The molecule has 13 nitrogen and oxygen atoms in total. The average molecular weight is 639 g/mol. The van der Waals surface area contributed by atoms with Gasteiger partial charge in [0.2, 0.25) is 11.7 Å². The summed E-state index contributed by atoms with van der Waals surface area (Å²) in [4.78, 5) is 53.3. The second-order valence-electron chi connectivity index (χ2n) is 12.0. The van der Waals surface area contributed by atoms with E-state index in [0.29, 0.717) is 0 Å². The fraction of sp³-hybridized carbons (Fsp3) is 0.517. The molecule has 2 amide bonds. The molecular weight excluding hydrogens is 605 g/mol. The van der Waals surface area contributed by atoms with Crippen LogP contribution in [0.15, 0.2) is 23.0 Å². The molecule has 0 heterocycles. The number of aliphatic hydroxyl groups is 3. The molecule has 0 aromatic heterocycles. The maximum Gasteiger partial charge on any atom is 0.573 e. The molecule has 2 saturated carbocycles. The standard InChI is InChI=1S/C29H33F3N4O9/c1-36(2)21-14-8-11-7-13-16(45-29(30,31)32)9-15(35-17(37)10-34-12-5-3-4-6-12)22(38)19(13)23(39)18(11)25(41)28(14,44)26(42)20(24(21)40)27(33)43/h9,11-12,14,21,34,38-39,42,44H,3-8,10H2,1-2H3,(H2,33,43)(H,35,37)/t11-,14-,21-,28-/m0/s1. The van der Waals surface area contributed by atoms with Crippen LogP contribution < -0.4 is 21.1 Å². The van der Waals surface area contributed by atoms with Crippen molar-refractivity contribution in [2.75, 3.05) is 26.0 Å². The van der Waals surface area contributed by atoms with E-state index < -0.39 is 105 Å². The van der Waals surface area contributed by atoms with Gasteiger partial charge in [0.15, 0.2) is 17.1 Å². The van der Waals surface area contributed by atoms with E-state index >= 15 is 0 Å². The normalized spacial score (nSPS) is 27.0. The van der Waals surface area contributed by atoms with Crippen LogP contribution in [-0.4, -0.2) is 93.4 Å². The molecule has 0 radical (unpaired) electrons. The number of carbonyl (C=O) groups is 4. The van der Waals surface area contributed by atoms with Crippen molar-refractivity contribution in [3.63, 3.8) is 0 Å². The Morgan fingerprint density at radius 3 is 2.38 bits per heavy atom. The van der Waals surface area contributed by atoms with Crippen molar-refractivity contribution in [2.45, 2.75) is 62.6 Å². The average Bonchev–Trinajstić information content (AvgIpc) is 3.45. The summed E-state index contributed by atoms with van der Waals surface area (Å²) in [6.07, 6.45) is -2.34. The van der Waals surface area contributed by atoms with Crippen molar-refractivity contribution in [3.8, 4) is 11.5 Å². The first-order valence-electron chi connectivity index (χ1n) is 14.3. The monoisotopic (exact) mass is 638 g/mol. The van der Waals surface area contributed by atoms with Crippen LogP contribution in [0.4, 0.5) is 18.9 Å². The highest BCUT2D eigenvalue weighted by molar-refractivity contribution is 6.24. The number of halogens is 3. The van der Waals surface area contributed by atoms with E-state index in [1.165, 1.54) is 19.0 Å². The second kappa shape index (κ2) is 11.3. The van der Waals surface area contributed by atoms with Crippen molar-refractivity contribution in [1.29, 1.82) is 0 Å². The van der Waals surface area contributed by atoms with Crippen LogP contribution in [0.5, 0.6) is 11.5 Å². The molecule has 0 aliphatic heterocycles. The number of rotatable bonds is 7. The third-order valence-electron chi connectivity index (χ3n) is 9.09. The molecule has 4 atom stereocenters. The van der Waals surface area contributed by atoms with E-state index in [2.05, 4.69) is 15.4 Å². The molecule has 4 aliphatic rings. The molecule has 4 aliphatic carbocycles. The van der Waals surface area contributed by atoms with Gasteiger partial charge in [-0.1, -0.05) is 12.8 Å². The first kappa shape index (κ1) is 32.2. The van der Waals surface area contributed by atoms with Gasteiger partial charge in [0.1, 0.15) is 22.8 Å². The van der Waals surface area contributed by atoms with Gasteiger partial charge in [-0.05, 0) is 45.7 Å². The number of aromatic hydroxyl groups is 1. The molecule has 0 bridgehead atoms. The predicted molar refractivity (Wildman–Crippen MR) is 150 cm³/mol. The number of likely N-dealkylation sites (N-methyl/N-ethyl adjacent to an activating group) is 1. The maximum absolute atomic E-state index is 14.0. The molecule has 45 heavy (non-hydrogen) atoms. The highest BCUT2D eigenvalue weighted by atomic mass is 19.4. The van der Waals surface area contributed by atoms with Crippen molar-refractivity contribution >= 4 is 34.8 Å². The Hall–Kier alpha value is -4.15. The zero-order valence-corrected chi connectivity index (χ0v) is 24.3. The molecule has 8 N–H and O–H groups in total. The van der Waals surface area contributed by atoms with E-state index in [0.717, 1.165) is 31.7 Å². The molecule has 0 saturated heterocycles. The van der Waals surface area contributed by atoms with Crippen molar-refractivity contribution in [1.82, 2.24) is 10.2 Å². The molecule has 1 aromatic rings. The number of phenolic OH excluding ortho intramolecular Hbond substituents is 1. The number of nitrogens with one attached hydrogen (secondary N) is 2. The van der Waals surface area contributed by atoms with Gasteiger partial charge in [-0.3, -0.25) is 24.1 Å². The number of ether oxygens (including phenoxy) is 1. The molecule has 0 spiro atoms. The van der Waals surface area contributed by atoms with Crippen molar-refractivity contribution in [3.05, 3.63) is 34.1 Å². The first-order chi connectivity index (χ1) is 21.0. The zero-order chi connectivity index (χ0) is 33.2. The fourth-order valence-corrected chi connectivity index (χ4v) is 7.15. The third kappa shape index (κ3) is 5.40. The van der Waals surface area contributed by atoms with Crippen LogP contribution in [0.1, 0.15) is 43.2 Å². The van der Waals surface area contributed by atoms with Gasteiger partial charge in [-0.15, -0.1) is 13.2 Å². The number of hydrogen-bond acceptors (Lipinski definition) is 11. The summed E-state index contributed by atoms with van der Waals surface area (Å²) in [5.41, 5.74) is -0.756. The summed E-state index contributed by atoms with van der Waals surface area (Å²) in [6, 6.07) is -0.524. The summed E-state index contributed by atoms with van der Waals surface area (Å²) >= 11 is 0. The Morgan fingerprint density at radius 1 is 1.16 bits per heavy atom. The van der Waals surface area contributed by atoms with Gasteiger partial charge in [0, 0.05) is 29.2 Å². The lowest BCUT2D eigenvalue weighted by atomic mass is 9.57. The van der Waals surface area contributed by atoms with Gasteiger partial charge in [0.05, 0.1) is 23.8 Å². The number of alkyl halides is 3. The quantitative estimate of drug-likeness (QED) is 0.167. The Bertz CT molecular complexity index is 1550. The minimum Gasteiger partial charge on any atom is -0.508 e. The first-order valence-corrected chi connectivity index (χ1v) is 14.3. The summed E-state index contributed by atoms with van der Waals surface area (Å²) < 4.78 is 44.8. The lowest BCUT2D eigenvalue weighted by Gasteiger charge is -2.50. The molecule has 0 unspecified atom stereocenters. The van der Waals surface area contributed by atoms with Gasteiger partial charge in [-0.2, -0.15) is 0 Å². The summed E-state index contributed by atoms with van der Waals surface area (Å²) in [7, 11) is 2.83. The van der Waals surface area contributed by atoms with E-state index in [9.17, 15) is 52.8 Å². The number of hydrogen-bond donors (Lipinski definition) is 7. The largest absolute Gasteiger partial charge is 0.573 e. The molecular formula is C29H33F3N4O9. The smallest absolute Gasteiger partial charge is 0.508 e. The molecule has 1 aromatic carbocycles. The number of nitrogens with two attached hydrogens (primary N) is 1. The Labute approximate surface area is 254 Å². The van der Waals surface area contributed by atoms with Crippen LogP contribution in [-0.2, 0) is 25.6 Å². The molecule has 2 fully saturated rings. The Kier molecular flexibility index (Phi) is 8.12. The highest BCUT2D eigenvalue weighted by Crippen LogP contribution is 2.55. The SMILES string of the molecule is CN(C)[C@@H]1C(=O)C(C(N)=O)=C(O)[C@@]2(O)C(=O)C3=C(O)c4c(O)c(NC(=O)CNC5CCCC5)cc(OC(F)(F)F)c4C[C@H]3C[C@@H]12. The number of aliphatic hydroxyl groups excluding tert-OH is 2. The Morgan fingerprint density at radius 2 is 1.80 bits per heavy atom. The van der Waals surface area contributed by atoms with E-state index in [-0.39, 0.29) is 24.6 Å². The van der Waals surface area contributed by atoms with Gasteiger partial charge in [0.25, 0.3) is 5.91 Å². The number of Topliss-reactive ketones (excluding diaryl/α,β-unsaturated/α-hetero) is 2. The van der Waals surface area contributed by atoms with Gasteiger partial charge < -0.3 is 41.5 Å². The minimum atomic E-state index is -5.23. The van der Waals surface area contributed by atoms with E-state index in [1.807, 2.05) is 0 Å². The topological polar surface area (TPSA) is 212 Å². The minimum absolute atomic E-state index is 0.0809.